The molecule has 0 nitrogen and oxygen atoms in total. The molecule has 0 bridgehead atoms. The maximum atomic E-state index is 6.20. The average molecular weight is 357 g/mol. The van der Waals surface area contributed by atoms with Gasteiger partial charge >= 0.3 is 0 Å². The minimum absolute atomic E-state index is 0.639. The summed E-state index contributed by atoms with van der Waals surface area (Å²) in [7, 11) is 0. The average Bonchev–Trinajstić information content (AvgIpc) is 2.67. The van der Waals surface area contributed by atoms with Gasteiger partial charge < -0.3 is 0 Å². The third-order valence-electron chi connectivity index (χ3n) is 5.96. The highest BCUT2D eigenvalue weighted by atomic mass is 35.5. The van der Waals surface area contributed by atoms with E-state index in [4.69, 9.17) is 11.6 Å². The van der Waals surface area contributed by atoms with Crippen LogP contribution in [0, 0.1) is 6.92 Å². The first-order chi connectivity index (χ1) is 12.7. The summed E-state index contributed by atoms with van der Waals surface area (Å²) in [6.45, 7) is 2.25. The van der Waals surface area contributed by atoms with Crippen LogP contribution in [0.15, 0.2) is 66.7 Å². The number of rotatable bonds is 1. The van der Waals surface area contributed by atoms with Crippen LogP contribution in [0.5, 0.6) is 0 Å². The number of fused-ring (bicyclic) bond motifs is 5. The van der Waals surface area contributed by atoms with Gasteiger partial charge in [-0.1, -0.05) is 66.2 Å². The lowest BCUT2D eigenvalue weighted by molar-refractivity contribution is 0.587. The molecule has 0 aromatic heterocycles. The molecule has 4 aromatic carbocycles. The molecule has 1 aliphatic rings. The van der Waals surface area contributed by atoms with Crippen LogP contribution in [0.3, 0.4) is 0 Å². The first-order valence-corrected chi connectivity index (χ1v) is 9.77. The normalized spacial score (nSPS) is 16.8. The van der Waals surface area contributed by atoms with E-state index in [2.05, 4.69) is 67.6 Å². The number of benzene rings is 4. The van der Waals surface area contributed by atoms with Crippen LogP contribution < -0.4 is 0 Å². The van der Waals surface area contributed by atoms with Gasteiger partial charge in [0.15, 0.2) is 0 Å². The zero-order valence-corrected chi connectivity index (χ0v) is 15.7. The smallest absolute Gasteiger partial charge is 0.0412 e. The monoisotopic (exact) mass is 356 g/mol. The third-order valence-corrected chi connectivity index (χ3v) is 6.19. The molecule has 0 heterocycles. The van der Waals surface area contributed by atoms with Gasteiger partial charge in [0.1, 0.15) is 0 Å². The van der Waals surface area contributed by atoms with Gasteiger partial charge in [0.05, 0.1) is 0 Å². The third kappa shape index (κ3) is 2.52. The minimum atomic E-state index is 0.639. The molecule has 0 spiro atoms. The molecular weight excluding hydrogens is 336 g/mol. The summed E-state index contributed by atoms with van der Waals surface area (Å²) >= 11 is 6.20. The molecule has 0 aliphatic heterocycles. The van der Waals surface area contributed by atoms with Gasteiger partial charge in [-0.15, -0.1) is 0 Å². The largest absolute Gasteiger partial charge is 0.0843 e. The predicted molar refractivity (Wildman–Crippen MR) is 112 cm³/mol. The summed E-state index contributed by atoms with van der Waals surface area (Å²) in [5.41, 5.74) is 5.93. The Bertz CT molecular complexity index is 1130. The van der Waals surface area contributed by atoms with Crippen molar-refractivity contribution >= 4 is 33.1 Å². The van der Waals surface area contributed by atoms with E-state index in [0.717, 1.165) is 17.9 Å². The van der Waals surface area contributed by atoms with Crippen molar-refractivity contribution in [2.75, 3.05) is 0 Å². The van der Waals surface area contributed by atoms with Crippen molar-refractivity contribution in [2.24, 2.45) is 0 Å². The van der Waals surface area contributed by atoms with Crippen LogP contribution in [0.2, 0.25) is 5.02 Å². The standard InChI is InChI=1S/C25H21Cl/c1-16-13-20-14-18(17-5-3-2-4-6-17)7-10-22(20)24-11-8-19-15-21(26)9-12-23(19)25(16)24/h2-6,8-9,11-13,15,18H,7,10,14H2,1H3/t18-/m1/s1. The number of halogens is 1. The molecule has 1 aliphatic carbocycles. The summed E-state index contributed by atoms with van der Waals surface area (Å²) in [5, 5.41) is 6.18. The van der Waals surface area contributed by atoms with Crippen molar-refractivity contribution in [3.05, 3.63) is 94.0 Å². The van der Waals surface area contributed by atoms with E-state index in [0.29, 0.717) is 5.92 Å². The molecule has 128 valence electrons. The van der Waals surface area contributed by atoms with Crippen LogP contribution in [0.4, 0.5) is 0 Å². The summed E-state index contributed by atoms with van der Waals surface area (Å²) < 4.78 is 0. The van der Waals surface area contributed by atoms with E-state index in [1.165, 1.54) is 44.7 Å². The molecule has 26 heavy (non-hydrogen) atoms. The fourth-order valence-electron chi connectivity index (χ4n) is 4.74. The Labute approximate surface area is 159 Å². The van der Waals surface area contributed by atoms with Crippen molar-refractivity contribution in [3.63, 3.8) is 0 Å². The number of hydrogen-bond acceptors (Lipinski definition) is 0. The second-order valence-corrected chi connectivity index (χ2v) is 7.97. The summed E-state index contributed by atoms with van der Waals surface area (Å²) in [6.07, 6.45) is 3.54. The lowest BCUT2D eigenvalue weighted by Gasteiger charge is -2.27. The van der Waals surface area contributed by atoms with Gasteiger partial charge in [-0.25, -0.2) is 0 Å². The summed E-state index contributed by atoms with van der Waals surface area (Å²) in [5.74, 6) is 0.639. The van der Waals surface area contributed by atoms with Crippen LogP contribution in [-0.4, -0.2) is 0 Å². The van der Waals surface area contributed by atoms with Gasteiger partial charge in [0.25, 0.3) is 0 Å². The van der Waals surface area contributed by atoms with Crippen LogP contribution in [-0.2, 0) is 12.8 Å². The quantitative estimate of drug-likeness (QED) is 0.315. The van der Waals surface area contributed by atoms with E-state index in [9.17, 15) is 0 Å². The SMILES string of the molecule is Cc1cc2c(c3ccc4cc(Cl)ccc4c13)CC[C@@H](c1ccccc1)C2. The predicted octanol–water partition coefficient (Wildman–Crippen LogP) is 7.23. The topological polar surface area (TPSA) is 0 Å². The zero-order chi connectivity index (χ0) is 17.7. The maximum Gasteiger partial charge on any atom is 0.0412 e. The van der Waals surface area contributed by atoms with Crippen molar-refractivity contribution < 1.29 is 0 Å². The Morgan fingerprint density at radius 2 is 1.69 bits per heavy atom. The zero-order valence-electron chi connectivity index (χ0n) is 14.9. The highest BCUT2D eigenvalue weighted by Crippen LogP contribution is 2.39. The van der Waals surface area contributed by atoms with Crippen molar-refractivity contribution in [1.82, 2.24) is 0 Å². The Balaban J connectivity index is 1.68. The van der Waals surface area contributed by atoms with Crippen LogP contribution in [0.25, 0.3) is 21.5 Å². The Hall–Kier alpha value is -2.31. The number of hydrogen-bond donors (Lipinski definition) is 0. The lowest BCUT2D eigenvalue weighted by atomic mass is 9.77. The molecule has 0 unspecified atom stereocenters. The second kappa shape index (κ2) is 6.14. The van der Waals surface area contributed by atoms with E-state index in [-0.39, 0.29) is 0 Å². The van der Waals surface area contributed by atoms with Crippen molar-refractivity contribution in [2.45, 2.75) is 32.1 Å². The molecule has 1 atom stereocenters. The number of aryl methyl sites for hydroxylation is 2. The molecule has 0 radical (unpaired) electrons. The Morgan fingerprint density at radius 1 is 0.885 bits per heavy atom. The summed E-state index contributed by atoms with van der Waals surface area (Å²) in [6, 6.07) is 24.2. The van der Waals surface area contributed by atoms with Crippen LogP contribution >= 0.6 is 11.6 Å². The van der Waals surface area contributed by atoms with Gasteiger partial charge in [0, 0.05) is 5.02 Å². The molecule has 0 saturated heterocycles. The van der Waals surface area contributed by atoms with Crippen molar-refractivity contribution in [3.8, 4) is 0 Å². The maximum absolute atomic E-state index is 6.20. The molecule has 0 saturated carbocycles. The highest BCUT2D eigenvalue weighted by Gasteiger charge is 2.22. The van der Waals surface area contributed by atoms with E-state index in [1.54, 1.807) is 5.56 Å². The fourth-order valence-corrected chi connectivity index (χ4v) is 4.92. The van der Waals surface area contributed by atoms with E-state index < -0.39 is 0 Å². The first kappa shape index (κ1) is 15.9. The van der Waals surface area contributed by atoms with Gasteiger partial charge in [-0.3, -0.25) is 0 Å². The second-order valence-electron chi connectivity index (χ2n) is 7.54. The van der Waals surface area contributed by atoms with Gasteiger partial charge in [-0.2, -0.15) is 0 Å². The molecule has 0 N–H and O–H groups in total. The Kier molecular flexibility index (Phi) is 3.76. The lowest BCUT2D eigenvalue weighted by Crippen LogP contribution is -2.13. The van der Waals surface area contributed by atoms with Gasteiger partial charge in [0.2, 0.25) is 0 Å². The first-order valence-electron chi connectivity index (χ1n) is 9.39. The molecule has 4 aromatic rings. The minimum Gasteiger partial charge on any atom is -0.0843 e. The van der Waals surface area contributed by atoms with E-state index >= 15 is 0 Å². The molecule has 0 amide bonds. The van der Waals surface area contributed by atoms with Crippen molar-refractivity contribution in [1.29, 1.82) is 0 Å². The summed E-state index contributed by atoms with van der Waals surface area (Å²) in [4.78, 5) is 0. The van der Waals surface area contributed by atoms with E-state index in [1.807, 2.05) is 6.07 Å². The molecule has 1 heteroatoms. The molecule has 0 fully saturated rings. The Morgan fingerprint density at radius 3 is 2.54 bits per heavy atom. The molecular formula is C25H21Cl. The van der Waals surface area contributed by atoms with Gasteiger partial charge in [-0.05, 0) is 88.0 Å². The van der Waals surface area contributed by atoms with Crippen LogP contribution in [0.1, 0.15) is 34.6 Å². The fraction of sp³-hybridized carbons (Fsp3) is 0.200. The molecule has 5 rings (SSSR count). The highest BCUT2D eigenvalue weighted by molar-refractivity contribution is 6.31.